The molecule has 0 saturated carbocycles. The minimum Gasteiger partial charge on any atom is -0.478 e. The molecule has 1 N–H and O–H groups in total. The van der Waals surface area contributed by atoms with Crippen LogP contribution in [0.4, 0.5) is 5.69 Å². The van der Waals surface area contributed by atoms with E-state index in [0.29, 0.717) is 28.6 Å². The smallest absolute Gasteiger partial charge is 0.335 e. The first kappa shape index (κ1) is 19.2. The van der Waals surface area contributed by atoms with Gasteiger partial charge in [-0.1, -0.05) is 28.1 Å². The fourth-order valence-electron chi connectivity index (χ4n) is 3.08. The Hall–Kier alpha value is -2.59. The number of alkyl halides is 1. The van der Waals surface area contributed by atoms with E-state index in [1.807, 2.05) is 6.92 Å². The van der Waals surface area contributed by atoms with Gasteiger partial charge in [0.1, 0.15) is 0 Å². The van der Waals surface area contributed by atoms with Crippen LogP contribution in [0.25, 0.3) is 0 Å². The lowest BCUT2D eigenvalue weighted by atomic mass is 9.92. The van der Waals surface area contributed by atoms with Crippen LogP contribution in [-0.2, 0) is 4.79 Å². The van der Waals surface area contributed by atoms with Gasteiger partial charge in [-0.05, 0) is 13.0 Å². The van der Waals surface area contributed by atoms with Crippen LogP contribution < -0.4 is 0 Å². The van der Waals surface area contributed by atoms with E-state index >= 15 is 0 Å². The lowest BCUT2D eigenvalue weighted by Gasteiger charge is -2.36. The van der Waals surface area contributed by atoms with Crippen LogP contribution in [0.5, 0.6) is 0 Å². The number of likely N-dealkylation sites (N-methyl/N-ethyl adjacent to an activating group) is 1. The van der Waals surface area contributed by atoms with E-state index in [1.165, 1.54) is 17.4 Å². The van der Waals surface area contributed by atoms with E-state index in [1.54, 1.807) is 34.7 Å². The molecule has 0 aliphatic carbocycles. The third-order valence-electron chi connectivity index (χ3n) is 4.16. The summed E-state index contributed by atoms with van der Waals surface area (Å²) in [5, 5.41) is 24.1. The summed E-state index contributed by atoms with van der Waals surface area (Å²) in [7, 11) is 0. The quantitative estimate of drug-likeness (QED) is 0.408. The van der Waals surface area contributed by atoms with Gasteiger partial charge in [-0.2, -0.15) is 0 Å². The molecule has 2 heterocycles. The van der Waals surface area contributed by atoms with Gasteiger partial charge in [0.25, 0.3) is 5.69 Å². The standard InChI is InChI=1S/C17H15BrN4O4S/c1-2-21-14(10-5-3-4-6-12(10)22(25)26)13(17(23)24)11(9-18)20-15(21)16-19-7-8-27-16/h3-8,14H,2,9H2,1H3,(H,23,24). The molecule has 3 rings (SSSR count). The number of aliphatic imine (C=N–C) groups is 1. The molecule has 0 bridgehead atoms. The van der Waals surface area contributed by atoms with E-state index in [0.717, 1.165) is 0 Å². The number of amidine groups is 1. The summed E-state index contributed by atoms with van der Waals surface area (Å²) in [4.78, 5) is 33.7. The van der Waals surface area contributed by atoms with E-state index in [4.69, 9.17) is 0 Å². The molecule has 2 aromatic rings. The molecule has 0 amide bonds. The number of carbonyl (C=O) groups is 1. The van der Waals surface area contributed by atoms with Gasteiger partial charge in [-0.3, -0.25) is 10.1 Å². The monoisotopic (exact) mass is 450 g/mol. The average Bonchev–Trinajstić information content (AvgIpc) is 3.20. The number of thiazole rings is 1. The number of carboxylic acids is 1. The predicted molar refractivity (Wildman–Crippen MR) is 105 cm³/mol. The van der Waals surface area contributed by atoms with Gasteiger partial charge in [-0.25, -0.2) is 14.8 Å². The fraction of sp³-hybridized carbons (Fsp3) is 0.235. The van der Waals surface area contributed by atoms with Gasteiger partial charge < -0.3 is 10.0 Å². The summed E-state index contributed by atoms with van der Waals surface area (Å²) in [5.41, 5.74) is 0.516. The van der Waals surface area contributed by atoms with E-state index in [9.17, 15) is 20.0 Å². The predicted octanol–water partition coefficient (Wildman–Crippen LogP) is 3.61. The van der Waals surface area contributed by atoms with Gasteiger partial charge in [0.05, 0.1) is 27.8 Å². The van der Waals surface area contributed by atoms with E-state index < -0.39 is 16.9 Å². The van der Waals surface area contributed by atoms with Gasteiger partial charge >= 0.3 is 5.97 Å². The highest BCUT2D eigenvalue weighted by atomic mass is 79.9. The number of halogens is 1. The summed E-state index contributed by atoms with van der Waals surface area (Å²) in [6.07, 6.45) is 1.64. The highest BCUT2D eigenvalue weighted by molar-refractivity contribution is 9.09. The minimum absolute atomic E-state index is 0.0170. The Labute approximate surface area is 167 Å². The Balaban J connectivity index is 2.30. The summed E-state index contributed by atoms with van der Waals surface area (Å²) in [6.45, 7) is 2.25. The van der Waals surface area contributed by atoms with Crippen LogP contribution >= 0.6 is 27.3 Å². The second kappa shape index (κ2) is 7.97. The van der Waals surface area contributed by atoms with Gasteiger partial charge in [0.2, 0.25) is 0 Å². The molecule has 1 aromatic heterocycles. The zero-order valence-electron chi connectivity index (χ0n) is 14.2. The fourth-order valence-corrected chi connectivity index (χ4v) is 4.14. The Kier molecular flexibility index (Phi) is 5.66. The van der Waals surface area contributed by atoms with E-state index in [-0.39, 0.29) is 16.6 Å². The van der Waals surface area contributed by atoms with Crippen LogP contribution in [0.2, 0.25) is 0 Å². The van der Waals surface area contributed by atoms with Crippen LogP contribution in [0, 0.1) is 10.1 Å². The Bertz CT molecular complexity index is 942. The molecule has 1 aliphatic rings. The number of nitro benzene ring substituents is 1. The number of allylic oxidation sites excluding steroid dienone is 1. The number of hydrogen-bond donors (Lipinski definition) is 1. The molecule has 1 unspecified atom stereocenters. The number of benzene rings is 1. The maximum Gasteiger partial charge on any atom is 0.335 e. The Morgan fingerprint density at radius 1 is 1.44 bits per heavy atom. The van der Waals surface area contributed by atoms with Crippen molar-refractivity contribution in [2.24, 2.45) is 4.99 Å². The molecule has 1 aliphatic heterocycles. The van der Waals surface area contributed by atoms with Crippen LogP contribution in [0.1, 0.15) is 23.5 Å². The first-order valence-corrected chi connectivity index (χ1v) is 10.0. The summed E-state index contributed by atoms with van der Waals surface area (Å²) < 4.78 is 0. The molecule has 140 valence electrons. The molecular formula is C17H15BrN4O4S. The second-order valence-corrected chi connectivity index (χ2v) is 7.03. The molecule has 0 spiro atoms. The number of nitro groups is 1. The number of aromatic nitrogens is 1. The minimum atomic E-state index is -1.16. The molecule has 10 heteroatoms. The van der Waals surface area contributed by atoms with Crippen molar-refractivity contribution in [1.82, 2.24) is 9.88 Å². The average molecular weight is 451 g/mol. The van der Waals surface area contributed by atoms with Gasteiger partial charge in [0.15, 0.2) is 10.8 Å². The lowest BCUT2D eigenvalue weighted by Crippen LogP contribution is -2.41. The molecule has 1 aromatic carbocycles. The van der Waals surface area contributed by atoms with Crippen LogP contribution in [0.15, 0.2) is 52.1 Å². The van der Waals surface area contributed by atoms with Crippen LogP contribution in [0.3, 0.4) is 0 Å². The number of carboxylic acid groups (broad SMARTS) is 1. The van der Waals surface area contributed by atoms with Crippen molar-refractivity contribution in [3.63, 3.8) is 0 Å². The van der Waals surface area contributed by atoms with Crippen molar-refractivity contribution >= 4 is 44.8 Å². The first-order chi connectivity index (χ1) is 13.0. The van der Waals surface area contributed by atoms with Crippen LogP contribution in [-0.4, -0.2) is 43.6 Å². The topological polar surface area (TPSA) is 109 Å². The molecule has 0 fully saturated rings. The second-order valence-electron chi connectivity index (χ2n) is 5.58. The Morgan fingerprint density at radius 2 is 2.19 bits per heavy atom. The maximum absolute atomic E-state index is 12.1. The third kappa shape index (κ3) is 3.50. The maximum atomic E-state index is 12.1. The third-order valence-corrected chi connectivity index (χ3v) is 5.46. The number of aliphatic carboxylic acids is 1. The Morgan fingerprint density at radius 3 is 2.74 bits per heavy atom. The lowest BCUT2D eigenvalue weighted by molar-refractivity contribution is -0.385. The molecule has 1 atom stereocenters. The number of nitrogens with zero attached hydrogens (tertiary/aromatic N) is 4. The van der Waals surface area contributed by atoms with Crippen molar-refractivity contribution < 1.29 is 14.8 Å². The van der Waals surface area contributed by atoms with Crippen molar-refractivity contribution in [3.8, 4) is 0 Å². The first-order valence-electron chi connectivity index (χ1n) is 8.00. The van der Waals surface area contributed by atoms with Gasteiger partial charge in [-0.15, -0.1) is 11.3 Å². The SMILES string of the molecule is CCN1C(c2nccs2)=NC(CBr)=C(C(=O)O)C1c1ccccc1[N+](=O)[O-]. The van der Waals surface area contributed by atoms with E-state index in [2.05, 4.69) is 25.9 Å². The molecule has 8 nitrogen and oxygen atoms in total. The summed E-state index contributed by atoms with van der Waals surface area (Å²) >= 11 is 4.68. The number of para-hydroxylation sites is 1. The highest BCUT2D eigenvalue weighted by Gasteiger charge is 2.40. The zero-order valence-corrected chi connectivity index (χ0v) is 16.6. The zero-order chi connectivity index (χ0) is 19.6. The molecule has 27 heavy (non-hydrogen) atoms. The van der Waals surface area contributed by atoms with Crippen molar-refractivity contribution in [3.05, 3.63) is 67.8 Å². The van der Waals surface area contributed by atoms with Crippen molar-refractivity contribution in [2.45, 2.75) is 13.0 Å². The van der Waals surface area contributed by atoms with Crippen molar-refractivity contribution in [2.75, 3.05) is 11.9 Å². The molecule has 0 radical (unpaired) electrons. The van der Waals surface area contributed by atoms with Crippen molar-refractivity contribution in [1.29, 1.82) is 0 Å². The number of hydrogen-bond acceptors (Lipinski definition) is 7. The highest BCUT2D eigenvalue weighted by Crippen LogP contribution is 2.40. The summed E-state index contributed by atoms with van der Waals surface area (Å²) in [5.74, 6) is -0.650. The van der Waals surface area contributed by atoms with Gasteiger partial charge in [0, 0.05) is 29.5 Å². The number of rotatable bonds is 6. The largest absolute Gasteiger partial charge is 0.478 e. The molecular weight excluding hydrogens is 436 g/mol. The summed E-state index contributed by atoms with van der Waals surface area (Å²) in [6, 6.07) is 5.35. The normalized spacial score (nSPS) is 17.0. The molecule has 0 saturated heterocycles.